The average Bonchev–Trinajstić information content (AvgIpc) is 3.08. The van der Waals surface area contributed by atoms with Crippen molar-refractivity contribution in [1.82, 2.24) is 25.4 Å². The van der Waals surface area contributed by atoms with Crippen LogP contribution < -0.4 is 15.4 Å². The number of aryl methyl sites for hydroxylation is 3. The van der Waals surface area contributed by atoms with Crippen molar-refractivity contribution in [3.8, 4) is 5.88 Å². The molecule has 0 unspecified atom stereocenters. The lowest BCUT2D eigenvalue weighted by molar-refractivity contribution is -0.121. The molecular weight excluding hydrogens is 394 g/mol. The fraction of sp³-hybridized carbons (Fsp3) is 0.391. The van der Waals surface area contributed by atoms with Gasteiger partial charge >= 0.3 is 0 Å². The number of aromatic nitrogens is 3. The van der Waals surface area contributed by atoms with E-state index < -0.39 is 0 Å². The minimum Gasteiger partial charge on any atom is -0.479 e. The maximum Gasteiger partial charge on any atom is 0.251 e. The van der Waals surface area contributed by atoms with Gasteiger partial charge in [0, 0.05) is 37.8 Å². The van der Waals surface area contributed by atoms with E-state index in [0.29, 0.717) is 37.4 Å². The zero-order chi connectivity index (χ0) is 22.5. The molecule has 2 N–H and O–H groups in total. The molecule has 8 nitrogen and oxygen atoms in total. The van der Waals surface area contributed by atoms with E-state index in [2.05, 4.69) is 20.7 Å². The number of hydrogen-bond donors (Lipinski definition) is 2. The van der Waals surface area contributed by atoms with Gasteiger partial charge < -0.3 is 15.4 Å². The number of amides is 2. The first-order valence-electron chi connectivity index (χ1n) is 10.4. The summed E-state index contributed by atoms with van der Waals surface area (Å²) in [4.78, 5) is 28.9. The highest BCUT2D eigenvalue weighted by molar-refractivity contribution is 5.94. The maximum absolute atomic E-state index is 12.4. The molecule has 0 aliphatic carbocycles. The number of fused-ring (bicyclic) bond motifs is 1. The quantitative estimate of drug-likeness (QED) is 0.580. The van der Waals surface area contributed by atoms with Crippen molar-refractivity contribution in [3.63, 3.8) is 0 Å². The van der Waals surface area contributed by atoms with Crippen LogP contribution in [-0.2, 0) is 24.8 Å². The first-order chi connectivity index (χ1) is 14.8. The minimum absolute atomic E-state index is 0.0372. The van der Waals surface area contributed by atoms with Gasteiger partial charge in [-0.3, -0.25) is 9.59 Å². The Labute approximate surface area is 182 Å². The van der Waals surface area contributed by atoms with E-state index in [9.17, 15) is 9.59 Å². The summed E-state index contributed by atoms with van der Waals surface area (Å²) in [6, 6.07) is 7.24. The van der Waals surface area contributed by atoms with Crippen LogP contribution in [0, 0.1) is 13.8 Å². The summed E-state index contributed by atoms with van der Waals surface area (Å²) in [6.45, 7) is 6.86. The molecular formula is C23H29N5O3. The van der Waals surface area contributed by atoms with E-state index in [0.717, 1.165) is 33.4 Å². The highest BCUT2D eigenvalue weighted by atomic mass is 16.5. The third-order valence-electron chi connectivity index (χ3n) is 5.36. The second kappa shape index (κ2) is 9.59. The molecule has 0 saturated heterocycles. The Morgan fingerprint density at radius 3 is 2.48 bits per heavy atom. The molecule has 0 atom stereocenters. The van der Waals surface area contributed by atoms with Gasteiger partial charge in [0.2, 0.25) is 11.8 Å². The first-order valence-corrected chi connectivity index (χ1v) is 10.4. The Balaban J connectivity index is 1.62. The molecule has 2 heterocycles. The first kappa shape index (κ1) is 22.3. The number of rotatable bonds is 8. The monoisotopic (exact) mass is 423 g/mol. The Hall–Kier alpha value is -3.42. The van der Waals surface area contributed by atoms with Crippen molar-refractivity contribution in [3.05, 3.63) is 52.2 Å². The molecule has 0 spiro atoms. The lowest BCUT2D eigenvalue weighted by atomic mass is 10.00. The molecule has 0 radical (unpaired) electrons. The topological polar surface area (TPSA) is 98.1 Å². The molecule has 8 heteroatoms. The van der Waals surface area contributed by atoms with E-state index >= 15 is 0 Å². The average molecular weight is 424 g/mol. The Bertz CT molecular complexity index is 1100. The summed E-state index contributed by atoms with van der Waals surface area (Å²) in [5.41, 5.74) is 5.30. The summed E-state index contributed by atoms with van der Waals surface area (Å²) in [6.07, 6.45) is 0.940. The van der Waals surface area contributed by atoms with Gasteiger partial charge in [0.1, 0.15) is 0 Å². The van der Waals surface area contributed by atoms with Gasteiger partial charge in [-0.1, -0.05) is 12.1 Å². The van der Waals surface area contributed by atoms with Crippen molar-refractivity contribution in [2.24, 2.45) is 7.05 Å². The standard InChI is InChI=1S/C23H29N5O3/c1-6-24-22(30)17-9-7-16(8-10-17)13-25-19(29)12-11-18-14(2)20-21(26-15(18)3)28(4)27-23(20)31-5/h7-10H,6,11-13H2,1-5H3,(H,24,30)(H,25,29). The largest absolute Gasteiger partial charge is 0.479 e. The number of hydrogen-bond acceptors (Lipinski definition) is 5. The summed E-state index contributed by atoms with van der Waals surface area (Å²) in [5.74, 6) is 0.411. The van der Waals surface area contributed by atoms with Crippen molar-refractivity contribution in [1.29, 1.82) is 0 Å². The molecule has 2 amide bonds. The summed E-state index contributed by atoms with van der Waals surface area (Å²) in [7, 11) is 3.43. The minimum atomic E-state index is -0.0975. The fourth-order valence-corrected chi connectivity index (χ4v) is 3.67. The molecule has 164 valence electrons. The predicted molar refractivity (Wildman–Crippen MR) is 119 cm³/mol. The van der Waals surface area contributed by atoms with Crippen LogP contribution in [0.3, 0.4) is 0 Å². The van der Waals surface area contributed by atoms with Gasteiger partial charge in [-0.25, -0.2) is 9.67 Å². The molecule has 0 fully saturated rings. The third-order valence-corrected chi connectivity index (χ3v) is 5.36. The number of ether oxygens (including phenoxy) is 1. The number of nitrogens with zero attached hydrogens (tertiary/aromatic N) is 3. The fourth-order valence-electron chi connectivity index (χ4n) is 3.67. The van der Waals surface area contributed by atoms with Gasteiger partial charge in [0.25, 0.3) is 5.91 Å². The third kappa shape index (κ3) is 4.84. The SMILES string of the molecule is CCNC(=O)c1ccc(CNC(=O)CCc2c(C)nc3c(c(OC)nn3C)c2C)cc1. The van der Waals surface area contributed by atoms with Gasteiger partial charge in [-0.2, -0.15) is 0 Å². The lowest BCUT2D eigenvalue weighted by Crippen LogP contribution is -2.24. The number of pyridine rings is 1. The van der Waals surface area contributed by atoms with E-state index in [1.165, 1.54) is 0 Å². The van der Waals surface area contributed by atoms with E-state index in [1.807, 2.05) is 40.0 Å². The molecule has 31 heavy (non-hydrogen) atoms. The van der Waals surface area contributed by atoms with E-state index in [4.69, 9.17) is 4.74 Å². The van der Waals surface area contributed by atoms with E-state index in [-0.39, 0.29) is 11.8 Å². The van der Waals surface area contributed by atoms with Gasteiger partial charge in [0.05, 0.1) is 12.5 Å². The second-order valence-electron chi connectivity index (χ2n) is 7.47. The van der Waals surface area contributed by atoms with Crippen LogP contribution in [-0.4, -0.2) is 40.2 Å². The Morgan fingerprint density at radius 1 is 1.13 bits per heavy atom. The molecule has 0 saturated carbocycles. The normalized spacial score (nSPS) is 10.9. The van der Waals surface area contributed by atoms with Gasteiger partial charge in [0.15, 0.2) is 5.65 Å². The molecule has 0 bridgehead atoms. The van der Waals surface area contributed by atoms with Crippen LogP contribution in [0.5, 0.6) is 5.88 Å². The molecule has 3 rings (SSSR count). The van der Waals surface area contributed by atoms with Crippen LogP contribution in [0.25, 0.3) is 11.0 Å². The summed E-state index contributed by atoms with van der Waals surface area (Å²) < 4.78 is 7.11. The smallest absolute Gasteiger partial charge is 0.251 e. The van der Waals surface area contributed by atoms with Crippen molar-refractivity contribution >= 4 is 22.8 Å². The number of carbonyl (C=O) groups is 2. The maximum atomic E-state index is 12.4. The van der Waals surface area contributed by atoms with Crippen LogP contribution >= 0.6 is 0 Å². The van der Waals surface area contributed by atoms with Crippen molar-refractivity contribution < 1.29 is 14.3 Å². The molecule has 3 aromatic rings. The highest BCUT2D eigenvalue weighted by Gasteiger charge is 2.18. The zero-order valence-electron chi connectivity index (χ0n) is 18.7. The van der Waals surface area contributed by atoms with E-state index in [1.54, 1.807) is 23.9 Å². The highest BCUT2D eigenvalue weighted by Crippen LogP contribution is 2.30. The number of nitrogens with one attached hydrogen (secondary N) is 2. The Morgan fingerprint density at radius 2 is 1.84 bits per heavy atom. The number of carbonyl (C=O) groups excluding carboxylic acids is 2. The van der Waals surface area contributed by atoms with Crippen molar-refractivity contribution in [2.75, 3.05) is 13.7 Å². The van der Waals surface area contributed by atoms with Crippen molar-refractivity contribution in [2.45, 2.75) is 40.2 Å². The van der Waals surface area contributed by atoms with Gasteiger partial charge in [-0.05, 0) is 56.0 Å². The summed E-state index contributed by atoms with van der Waals surface area (Å²) in [5, 5.41) is 11.0. The Kier molecular flexibility index (Phi) is 6.89. The molecule has 0 aliphatic rings. The number of benzene rings is 1. The lowest BCUT2D eigenvalue weighted by Gasteiger charge is -2.11. The summed E-state index contributed by atoms with van der Waals surface area (Å²) >= 11 is 0. The van der Waals surface area contributed by atoms with Crippen LogP contribution in [0.4, 0.5) is 0 Å². The van der Waals surface area contributed by atoms with Crippen LogP contribution in [0.2, 0.25) is 0 Å². The van der Waals surface area contributed by atoms with Crippen LogP contribution in [0.15, 0.2) is 24.3 Å². The van der Waals surface area contributed by atoms with Crippen LogP contribution in [0.1, 0.15) is 46.1 Å². The predicted octanol–water partition coefficient (Wildman–Crippen LogP) is 2.59. The van der Waals surface area contributed by atoms with Gasteiger partial charge in [-0.15, -0.1) is 5.10 Å². The second-order valence-corrected chi connectivity index (χ2v) is 7.47. The molecule has 2 aromatic heterocycles. The molecule has 0 aliphatic heterocycles. The molecule has 1 aromatic carbocycles. The number of methoxy groups -OCH3 is 1. The zero-order valence-corrected chi connectivity index (χ0v) is 18.7.